The molecule has 2 aromatic rings. The van der Waals surface area contributed by atoms with Gasteiger partial charge in [0, 0.05) is 18.3 Å². The summed E-state index contributed by atoms with van der Waals surface area (Å²) in [7, 11) is 0. The average Bonchev–Trinajstić information content (AvgIpc) is 2.40. The largest absolute Gasteiger partial charge is 0.439 e. The smallest absolute Gasteiger partial charge is 0.223 e. The number of benzene rings is 1. The summed E-state index contributed by atoms with van der Waals surface area (Å²) in [5, 5.41) is 8.97. The highest BCUT2D eigenvalue weighted by Crippen LogP contribution is 2.25. The summed E-state index contributed by atoms with van der Waals surface area (Å²) in [6.07, 6.45) is 1.70. The van der Waals surface area contributed by atoms with Crippen molar-refractivity contribution in [3.63, 3.8) is 0 Å². The number of aryl methyl sites for hydroxylation is 1. The fourth-order valence-electron chi connectivity index (χ4n) is 1.67. The third kappa shape index (κ3) is 2.67. The molecule has 0 radical (unpaired) electrons. The van der Waals surface area contributed by atoms with Gasteiger partial charge in [-0.25, -0.2) is 4.98 Å². The Hall–Kier alpha value is -1.91. The molecule has 4 heteroatoms. The zero-order valence-electron chi connectivity index (χ0n) is 10.3. The van der Waals surface area contributed by atoms with Crippen LogP contribution in [0.5, 0.6) is 11.6 Å². The first-order chi connectivity index (χ1) is 8.74. The number of rotatable bonds is 4. The van der Waals surface area contributed by atoms with Crippen LogP contribution in [0.3, 0.4) is 0 Å². The van der Waals surface area contributed by atoms with Crippen LogP contribution >= 0.6 is 0 Å². The molecule has 0 atom stereocenters. The molecule has 3 N–H and O–H groups in total. The fourth-order valence-corrected chi connectivity index (χ4v) is 1.67. The summed E-state index contributed by atoms with van der Waals surface area (Å²) >= 11 is 0. The first-order valence-electron chi connectivity index (χ1n) is 5.77. The molecule has 0 amide bonds. The highest BCUT2D eigenvalue weighted by atomic mass is 16.5. The number of ether oxygens (including phenoxy) is 1. The zero-order chi connectivity index (χ0) is 13.0. The molecule has 1 aromatic carbocycles. The van der Waals surface area contributed by atoms with E-state index in [0.29, 0.717) is 18.2 Å². The number of pyridine rings is 1. The fraction of sp³-hybridized carbons (Fsp3) is 0.214. The zero-order valence-corrected chi connectivity index (χ0v) is 10.3. The van der Waals surface area contributed by atoms with Gasteiger partial charge in [-0.05, 0) is 36.2 Å². The summed E-state index contributed by atoms with van der Waals surface area (Å²) in [6, 6.07) is 9.14. The maximum Gasteiger partial charge on any atom is 0.223 e. The molecule has 4 nitrogen and oxygen atoms in total. The molecule has 94 valence electrons. The van der Waals surface area contributed by atoms with Crippen molar-refractivity contribution >= 4 is 0 Å². The number of aromatic nitrogens is 1. The SMILES string of the molecule is Cc1ccnc(Oc2ccc(CO)cc2)c1CN. The van der Waals surface area contributed by atoms with E-state index >= 15 is 0 Å². The van der Waals surface area contributed by atoms with Crippen molar-refractivity contribution in [1.82, 2.24) is 4.98 Å². The number of aliphatic hydroxyl groups excluding tert-OH is 1. The van der Waals surface area contributed by atoms with Gasteiger partial charge < -0.3 is 15.6 Å². The van der Waals surface area contributed by atoms with E-state index in [1.165, 1.54) is 0 Å². The molecule has 1 heterocycles. The molecule has 0 aliphatic carbocycles. The lowest BCUT2D eigenvalue weighted by Crippen LogP contribution is -2.03. The second-order valence-electron chi connectivity index (χ2n) is 4.02. The van der Waals surface area contributed by atoms with Crippen molar-refractivity contribution in [2.24, 2.45) is 5.73 Å². The van der Waals surface area contributed by atoms with Crippen LogP contribution in [-0.2, 0) is 13.2 Å². The van der Waals surface area contributed by atoms with Gasteiger partial charge >= 0.3 is 0 Å². The summed E-state index contributed by atoms with van der Waals surface area (Å²) in [4.78, 5) is 4.20. The molecule has 0 saturated carbocycles. The van der Waals surface area contributed by atoms with Gasteiger partial charge in [-0.3, -0.25) is 0 Å². The minimum atomic E-state index is 0.0248. The minimum Gasteiger partial charge on any atom is -0.439 e. The lowest BCUT2D eigenvalue weighted by Gasteiger charge is -2.11. The first kappa shape index (κ1) is 12.5. The number of aliphatic hydroxyl groups is 1. The topological polar surface area (TPSA) is 68.4 Å². The normalized spacial score (nSPS) is 10.4. The lowest BCUT2D eigenvalue weighted by atomic mass is 10.1. The molecule has 0 aliphatic rings. The maximum atomic E-state index is 8.97. The Kier molecular flexibility index (Phi) is 3.92. The number of nitrogens with two attached hydrogens (primary N) is 1. The Morgan fingerprint density at radius 2 is 1.94 bits per heavy atom. The Balaban J connectivity index is 2.25. The van der Waals surface area contributed by atoms with Crippen molar-refractivity contribution in [2.45, 2.75) is 20.1 Å². The molecule has 18 heavy (non-hydrogen) atoms. The summed E-state index contributed by atoms with van der Waals surface area (Å²) < 4.78 is 5.71. The second kappa shape index (κ2) is 5.62. The van der Waals surface area contributed by atoms with E-state index in [2.05, 4.69) is 4.98 Å². The highest BCUT2D eigenvalue weighted by Gasteiger charge is 2.07. The monoisotopic (exact) mass is 244 g/mol. The first-order valence-corrected chi connectivity index (χ1v) is 5.77. The van der Waals surface area contributed by atoms with E-state index in [0.717, 1.165) is 16.7 Å². The van der Waals surface area contributed by atoms with E-state index in [9.17, 15) is 0 Å². The van der Waals surface area contributed by atoms with Gasteiger partial charge in [-0.2, -0.15) is 0 Å². The molecule has 0 spiro atoms. The standard InChI is InChI=1S/C14H16N2O2/c1-10-6-7-16-14(13(10)8-15)18-12-4-2-11(9-17)3-5-12/h2-7,17H,8-9,15H2,1H3. The van der Waals surface area contributed by atoms with Gasteiger partial charge in [0.25, 0.3) is 0 Å². The summed E-state index contributed by atoms with van der Waals surface area (Å²) in [5.41, 5.74) is 8.51. The molecular weight excluding hydrogens is 228 g/mol. The number of nitrogens with zero attached hydrogens (tertiary/aromatic N) is 1. The van der Waals surface area contributed by atoms with Crippen LogP contribution in [-0.4, -0.2) is 10.1 Å². The molecule has 0 aliphatic heterocycles. The summed E-state index contributed by atoms with van der Waals surface area (Å²) in [5.74, 6) is 1.22. The summed E-state index contributed by atoms with van der Waals surface area (Å²) in [6.45, 7) is 2.40. The van der Waals surface area contributed by atoms with Crippen LogP contribution in [0, 0.1) is 6.92 Å². The van der Waals surface area contributed by atoms with Crippen LogP contribution in [0.15, 0.2) is 36.5 Å². The Bertz CT molecular complexity index is 524. The van der Waals surface area contributed by atoms with E-state index in [4.69, 9.17) is 15.6 Å². The third-order valence-corrected chi connectivity index (χ3v) is 2.78. The Morgan fingerprint density at radius 1 is 1.22 bits per heavy atom. The maximum absolute atomic E-state index is 8.97. The van der Waals surface area contributed by atoms with Gasteiger partial charge in [-0.15, -0.1) is 0 Å². The van der Waals surface area contributed by atoms with Crippen molar-refractivity contribution < 1.29 is 9.84 Å². The average molecular weight is 244 g/mol. The van der Waals surface area contributed by atoms with Gasteiger partial charge in [-0.1, -0.05) is 12.1 Å². The third-order valence-electron chi connectivity index (χ3n) is 2.78. The van der Waals surface area contributed by atoms with Crippen LogP contribution in [0.25, 0.3) is 0 Å². The Morgan fingerprint density at radius 3 is 2.56 bits per heavy atom. The van der Waals surface area contributed by atoms with Crippen molar-refractivity contribution in [3.05, 3.63) is 53.2 Å². The van der Waals surface area contributed by atoms with E-state index in [-0.39, 0.29) is 6.61 Å². The lowest BCUT2D eigenvalue weighted by molar-refractivity contribution is 0.281. The molecule has 2 rings (SSSR count). The van der Waals surface area contributed by atoms with Gasteiger partial charge in [0.15, 0.2) is 0 Å². The molecule has 1 aromatic heterocycles. The minimum absolute atomic E-state index is 0.0248. The molecular formula is C14H16N2O2. The van der Waals surface area contributed by atoms with Crippen molar-refractivity contribution in [1.29, 1.82) is 0 Å². The van der Waals surface area contributed by atoms with E-state index in [1.807, 2.05) is 25.1 Å². The molecule has 0 bridgehead atoms. The van der Waals surface area contributed by atoms with Crippen molar-refractivity contribution in [2.75, 3.05) is 0 Å². The van der Waals surface area contributed by atoms with Crippen molar-refractivity contribution in [3.8, 4) is 11.6 Å². The van der Waals surface area contributed by atoms with E-state index < -0.39 is 0 Å². The highest BCUT2D eigenvalue weighted by molar-refractivity contribution is 5.37. The molecule has 0 unspecified atom stereocenters. The second-order valence-corrected chi connectivity index (χ2v) is 4.02. The number of hydrogen-bond donors (Lipinski definition) is 2. The quantitative estimate of drug-likeness (QED) is 0.864. The van der Waals surface area contributed by atoms with Gasteiger partial charge in [0.2, 0.25) is 5.88 Å². The van der Waals surface area contributed by atoms with Crippen LogP contribution in [0.2, 0.25) is 0 Å². The van der Waals surface area contributed by atoms with Gasteiger partial charge in [0.05, 0.1) is 6.61 Å². The number of hydrogen-bond acceptors (Lipinski definition) is 4. The van der Waals surface area contributed by atoms with Gasteiger partial charge in [0.1, 0.15) is 5.75 Å². The predicted molar refractivity (Wildman–Crippen MR) is 69.3 cm³/mol. The van der Waals surface area contributed by atoms with Crippen LogP contribution < -0.4 is 10.5 Å². The Labute approximate surface area is 106 Å². The molecule has 0 saturated heterocycles. The van der Waals surface area contributed by atoms with Crippen LogP contribution in [0.4, 0.5) is 0 Å². The predicted octanol–water partition coefficient (Wildman–Crippen LogP) is 2.13. The van der Waals surface area contributed by atoms with E-state index in [1.54, 1.807) is 18.3 Å². The van der Waals surface area contributed by atoms with Crippen LogP contribution in [0.1, 0.15) is 16.7 Å². The molecule has 0 fully saturated rings.